The molecule has 0 aromatic heterocycles. The summed E-state index contributed by atoms with van der Waals surface area (Å²) >= 11 is 1.86. The van der Waals surface area contributed by atoms with E-state index < -0.39 is 0 Å². The number of thioether (sulfide) groups is 1. The SMILES string of the molecule is CCCN1CCC(=O)N([C@H](CSc2ccc(C)cc2)Cc2ccccc2)CC1. The number of hydrogen-bond donors (Lipinski definition) is 0. The molecule has 2 aromatic rings. The van der Waals surface area contributed by atoms with E-state index in [4.69, 9.17) is 0 Å². The number of amides is 1. The largest absolute Gasteiger partial charge is 0.337 e. The van der Waals surface area contributed by atoms with Crippen LogP contribution in [0.2, 0.25) is 0 Å². The fraction of sp³-hybridized carbons (Fsp3) is 0.458. The van der Waals surface area contributed by atoms with Crippen molar-refractivity contribution in [3.05, 3.63) is 65.7 Å². The van der Waals surface area contributed by atoms with Crippen LogP contribution >= 0.6 is 11.8 Å². The van der Waals surface area contributed by atoms with E-state index in [1.165, 1.54) is 16.0 Å². The van der Waals surface area contributed by atoms with E-state index in [1.54, 1.807) is 0 Å². The van der Waals surface area contributed by atoms with Crippen LogP contribution in [0.1, 0.15) is 30.9 Å². The van der Waals surface area contributed by atoms with Crippen LogP contribution in [0.5, 0.6) is 0 Å². The van der Waals surface area contributed by atoms with Crippen molar-refractivity contribution in [2.24, 2.45) is 0 Å². The summed E-state index contributed by atoms with van der Waals surface area (Å²) in [5, 5.41) is 0. The Hall–Kier alpha value is -1.78. The summed E-state index contributed by atoms with van der Waals surface area (Å²) in [7, 11) is 0. The Morgan fingerprint density at radius 2 is 1.75 bits per heavy atom. The molecule has 0 spiro atoms. The molecule has 4 heteroatoms. The molecule has 1 aliphatic rings. The Morgan fingerprint density at radius 3 is 2.46 bits per heavy atom. The van der Waals surface area contributed by atoms with Gasteiger partial charge in [0, 0.05) is 42.7 Å². The van der Waals surface area contributed by atoms with Crippen LogP contribution in [0.25, 0.3) is 0 Å². The molecule has 1 fully saturated rings. The quantitative estimate of drug-likeness (QED) is 0.607. The molecule has 0 unspecified atom stereocenters. The molecule has 28 heavy (non-hydrogen) atoms. The van der Waals surface area contributed by atoms with E-state index in [1.807, 2.05) is 11.8 Å². The molecule has 0 N–H and O–H groups in total. The van der Waals surface area contributed by atoms with Crippen molar-refractivity contribution in [1.29, 1.82) is 0 Å². The number of benzene rings is 2. The molecule has 0 saturated carbocycles. The van der Waals surface area contributed by atoms with Crippen LogP contribution in [0.3, 0.4) is 0 Å². The zero-order chi connectivity index (χ0) is 19.8. The molecule has 3 rings (SSSR count). The van der Waals surface area contributed by atoms with Gasteiger partial charge in [0.05, 0.1) is 0 Å². The molecule has 0 radical (unpaired) electrons. The van der Waals surface area contributed by atoms with Gasteiger partial charge < -0.3 is 9.80 Å². The third kappa shape index (κ3) is 6.11. The number of carbonyl (C=O) groups excluding carboxylic acids is 1. The molecular formula is C24H32N2OS. The molecule has 1 atom stereocenters. The maximum absolute atomic E-state index is 12.9. The Balaban J connectivity index is 1.72. The molecule has 0 bridgehead atoms. The molecule has 1 saturated heterocycles. The summed E-state index contributed by atoms with van der Waals surface area (Å²) < 4.78 is 0. The van der Waals surface area contributed by atoms with Crippen molar-refractivity contribution in [2.45, 2.75) is 44.0 Å². The van der Waals surface area contributed by atoms with Crippen molar-refractivity contribution in [1.82, 2.24) is 9.80 Å². The van der Waals surface area contributed by atoms with Crippen LogP contribution in [-0.4, -0.2) is 53.7 Å². The molecule has 1 heterocycles. The molecule has 3 nitrogen and oxygen atoms in total. The lowest BCUT2D eigenvalue weighted by Gasteiger charge is -2.31. The number of nitrogens with zero attached hydrogens (tertiary/aromatic N) is 2. The predicted molar refractivity (Wildman–Crippen MR) is 119 cm³/mol. The van der Waals surface area contributed by atoms with E-state index in [2.05, 4.69) is 78.2 Å². The molecule has 150 valence electrons. The third-order valence-corrected chi connectivity index (χ3v) is 6.53. The Bertz CT molecular complexity index is 732. The van der Waals surface area contributed by atoms with Gasteiger partial charge in [0.15, 0.2) is 0 Å². The first-order chi connectivity index (χ1) is 13.7. The second-order valence-electron chi connectivity index (χ2n) is 7.65. The van der Waals surface area contributed by atoms with Gasteiger partial charge in [-0.2, -0.15) is 0 Å². The predicted octanol–water partition coefficient (Wildman–Crippen LogP) is 4.64. The lowest BCUT2D eigenvalue weighted by Crippen LogP contribution is -2.44. The first kappa shape index (κ1) is 20.9. The van der Waals surface area contributed by atoms with Crippen molar-refractivity contribution in [3.8, 4) is 0 Å². The Labute approximate surface area is 174 Å². The molecule has 1 amide bonds. The maximum atomic E-state index is 12.9. The summed E-state index contributed by atoms with van der Waals surface area (Å²) in [6.07, 6.45) is 2.70. The van der Waals surface area contributed by atoms with Gasteiger partial charge in [-0.05, 0) is 44.0 Å². The smallest absolute Gasteiger partial charge is 0.224 e. The summed E-state index contributed by atoms with van der Waals surface area (Å²) in [5.74, 6) is 1.24. The zero-order valence-corrected chi connectivity index (χ0v) is 18.0. The topological polar surface area (TPSA) is 23.6 Å². The highest BCUT2D eigenvalue weighted by Crippen LogP contribution is 2.24. The summed E-state index contributed by atoms with van der Waals surface area (Å²) in [6, 6.07) is 19.5. The van der Waals surface area contributed by atoms with Crippen molar-refractivity contribution >= 4 is 17.7 Å². The fourth-order valence-electron chi connectivity index (χ4n) is 3.78. The lowest BCUT2D eigenvalue weighted by atomic mass is 10.1. The molecule has 2 aromatic carbocycles. The van der Waals surface area contributed by atoms with Gasteiger partial charge in [-0.15, -0.1) is 11.8 Å². The van der Waals surface area contributed by atoms with Gasteiger partial charge in [0.2, 0.25) is 5.91 Å². The number of carbonyl (C=O) groups is 1. The van der Waals surface area contributed by atoms with Gasteiger partial charge in [-0.1, -0.05) is 55.0 Å². The summed E-state index contributed by atoms with van der Waals surface area (Å²) in [5.41, 5.74) is 2.59. The fourth-order valence-corrected chi connectivity index (χ4v) is 4.79. The van der Waals surface area contributed by atoms with E-state index in [-0.39, 0.29) is 6.04 Å². The highest BCUT2D eigenvalue weighted by Gasteiger charge is 2.27. The molecule has 1 aliphatic heterocycles. The van der Waals surface area contributed by atoms with Crippen LogP contribution < -0.4 is 0 Å². The highest BCUT2D eigenvalue weighted by molar-refractivity contribution is 7.99. The van der Waals surface area contributed by atoms with Crippen LogP contribution in [0.15, 0.2) is 59.5 Å². The summed E-state index contributed by atoms with van der Waals surface area (Å²) in [4.78, 5) is 18.8. The minimum atomic E-state index is 0.225. The van der Waals surface area contributed by atoms with Gasteiger partial charge in [0.1, 0.15) is 0 Å². The number of hydrogen-bond acceptors (Lipinski definition) is 3. The maximum Gasteiger partial charge on any atom is 0.224 e. The first-order valence-corrected chi connectivity index (χ1v) is 11.4. The zero-order valence-electron chi connectivity index (χ0n) is 17.1. The second kappa shape index (κ2) is 10.7. The van der Waals surface area contributed by atoms with Crippen molar-refractivity contribution in [2.75, 3.05) is 31.9 Å². The van der Waals surface area contributed by atoms with E-state index in [0.29, 0.717) is 12.3 Å². The van der Waals surface area contributed by atoms with Gasteiger partial charge in [-0.3, -0.25) is 4.79 Å². The Kier molecular flexibility index (Phi) is 7.99. The number of aryl methyl sites for hydroxylation is 1. The minimum absolute atomic E-state index is 0.225. The van der Waals surface area contributed by atoms with Crippen LogP contribution in [0.4, 0.5) is 0 Å². The van der Waals surface area contributed by atoms with Gasteiger partial charge in [-0.25, -0.2) is 0 Å². The summed E-state index contributed by atoms with van der Waals surface area (Å²) in [6.45, 7) is 8.13. The van der Waals surface area contributed by atoms with Crippen molar-refractivity contribution in [3.63, 3.8) is 0 Å². The van der Waals surface area contributed by atoms with Gasteiger partial charge >= 0.3 is 0 Å². The second-order valence-corrected chi connectivity index (χ2v) is 8.74. The Morgan fingerprint density at radius 1 is 1.00 bits per heavy atom. The van der Waals surface area contributed by atoms with E-state index in [0.717, 1.165) is 44.8 Å². The molecule has 0 aliphatic carbocycles. The standard InChI is InChI=1S/C24H32N2OS/c1-3-14-25-15-13-24(27)26(17-16-25)22(18-21-7-5-4-6-8-21)19-28-23-11-9-20(2)10-12-23/h4-12,22H,3,13-19H2,1-2H3/t22-/m0/s1. The normalized spacial score (nSPS) is 16.8. The monoisotopic (exact) mass is 396 g/mol. The first-order valence-electron chi connectivity index (χ1n) is 10.4. The average Bonchev–Trinajstić information content (AvgIpc) is 2.89. The lowest BCUT2D eigenvalue weighted by molar-refractivity contribution is -0.132. The van der Waals surface area contributed by atoms with Gasteiger partial charge in [0.25, 0.3) is 0 Å². The van der Waals surface area contributed by atoms with E-state index in [9.17, 15) is 4.79 Å². The van der Waals surface area contributed by atoms with Crippen LogP contribution in [-0.2, 0) is 11.2 Å². The average molecular weight is 397 g/mol. The van der Waals surface area contributed by atoms with Crippen molar-refractivity contribution < 1.29 is 4.79 Å². The molecular weight excluding hydrogens is 364 g/mol. The third-order valence-electron chi connectivity index (χ3n) is 5.38. The minimum Gasteiger partial charge on any atom is -0.337 e. The van der Waals surface area contributed by atoms with Crippen LogP contribution in [0, 0.1) is 6.92 Å². The number of rotatable bonds is 8. The highest BCUT2D eigenvalue weighted by atomic mass is 32.2. The van der Waals surface area contributed by atoms with E-state index >= 15 is 0 Å².